The number of rotatable bonds is 5. The second-order valence-corrected chi connectivity index (χ2v) is 4.45. The lowest BCUT2D eigenvalue weighted by molar-refractivity contribution is 0.0418. The van der Waals surface area contributed by atoms with Gasteiger partial charge in [0.15, 0.2) is 0 Å². The zero-order valence-electron chi connectivity index (χ0n) is 8.61. The van der Waals surface area contributed by atoms with E-state index in [1.807, 2.05) is 24.3 Å². The van der Waals surface area contributed by atoms with E-state index in [4.69, 9.17) is 4.74 Å². The van der Waals surface area contributed by atoms with E-state index < -0.39 is 5.41 Å². The third-order valence-corrected chi connectivity index (χ3v) is 3.01. The summed E-state index contributed by atoms with van der Waals surface area (Å²) in [6.45, 7) is 0.0135. The predicted octanol–water partition coefficient (Wildman–Crippen LogP) is 1.32. The second-order valence-electron chi connectivity index (χ2n) is 3.54. The van der Waals surface area contributed by atoms with Crippen molar-refractivity contribution < 1.29 is 14.9 Å². The maximum atomic E-state index is 9.38. The van der Waals surface area contributed by atoms with Gasteiger partial charge < -0.3 is 14.9 Å². The van der Waals surface area contributed by atoms with Gasteiger partial charge in [-0.15, -0.1) is 0 Å². The van der Waals surface area contributed by atoms with Gasteiger partial charge >= 0.3 is 0 Å². The first-order valence-corrected chi connectivity index (χ1v) is 5.44. The Morgan fingerprint density at radius 1 is 1.20 bits per heavy atom. The van der Waals surface area contributed by atoms with Gasteiger partial charge in [-0.1, -0.05) is 28.1 Å². The van der Waals surface area contributed by atoms with Gasteiger partial charge in [-0.3, -0.25) is 0 Å². The smallest absolute Gasteiger partial charge is 0.0648 e. The monoisotopic (exact) mass is 274 g/mol. The number of benzene rings is 1. The molecule has 0 saturated heterocycles. The van der Waals surface area contributed by atoms with Gasteiger partial charge in [-0.05, 0) is 17.7 Å². The van der Waals surface area contributed by atoms with Gasteiger partial charge in [0.05, 0.1) is 25.2 Å². The van der Waals surface area contributed by atoms with Gasteiger partial charge in [0.2, 0.25) is 0 Å². The van der Waals surface area contributed by atoms with Gasteiger partial charge in [-0.2, -0.15) is 0 Å². The quantitative estimate of drug-likeness (QED) is 0.852. The Balaban J connectivity index is 3.02. The number of aliphatic hydroxyl groups is 2. The molecule has 15 heavy (non-hydrogen) atoms. The van der Waals surface area contributed by atoms with Gasteiger partial charge in [0, 0.05) is 11.6 Å². The van der Waals surface area contributed by atoms with E-state index in [1.54, 1.807) is 7.11 Å². The topological polar surface area (TPSA) is 49.7 Å². The Morgan fingerprint density at radius 2 is 1.73 bits per heavy atom. The molecular weight excluding hydrogens is 260 g/mol. The number of hydrogen-bond donors (Lipinski definition) is 2. The molecular formula is C11H15BrO3. The summed E-state index contributed by atoms with van der Waals surface area (Å²) in [5.74, 6) is 0. The molecule has 0 atom stereocenters. The van der Waals surface area contributed by atoms with Crippen LogP contribution in [-0.4, -0.2) is 37.1 Å². The molecule has 0 saturated carbocycles. The fraction of sp³-hybridized carbons (Fsp3) is 0.455. The molecule has 4 heteroatoms. The van der Waals surface area contributed by atoms with Gasteiger partial charge in [-0.25, -0.2) is 0 Å². The van der Waals surface area contributed by atoms with Crippen LogP contribution >= 0.6 is 15.9 Å². The molecule has 1 aromatic carbocycles. The number of aliphatic hydroxyl groups excluding tert-OH is 2. The Kier molecular flexibility index (Phi) is 4.73. The summed E-state index contributed by atoms with van der Waals surface area (Å²) >= 11 is 3.34. The van der Waals surface area contributed by atoms with E-state index in [2.05, 4.69) is 15.9 Å². The molecule has 2 N–H and O–H groups in total. The molecule has 0 unspecified atom stereocenters. The van der Waals surface area contributed by atoms with E-state index in [1.165, 1.54) is 0 Å². The lowest BCUT2D eigenvalue weighted by Crippen LogP contribution is -2.39. The fourth-order valence-corrected chi connectivity index (χ4v) is 1.75. The molecule has 0 aliphatic carbocycles. The molecule has 1 aromatic rings. The largest absolute Gasteiger partial charge is 0.395 e. The van der Waals surface area contributed by atoms with Crippen LogP contribution in [0.3, 0.4) is 0 Å². The zero-order valence-corrected chi connectivity index (χ0v) is 10.2. The molecule has 0 heterocycles. The molecule has 84 valence electrons. The zero-order chi connectivity index (χ0) is 11.3. The molecule has 1 rings (SSSR count). The van der Waals surface area contributed by atoms with E-state index in [0.717, 1.165) is 10.0 Å². The standard InChI is InChI=1S/C11H15BrO3/c1-15-8-11(6-13,7-14)9-2-4-10(12)5-3-9/h2-5,13-14H,6-8H2,1H3. The molecule has 0 aliphatic heterocycles. The van der Waals surface area contributed by atoms with Crippen LogP contribution in [0.15, 0.2) is 28.7 Å². The average Bonchev–Trinajstić information content (AvgIpc) is 2.27. The molecule has 3 nitrogen and oxygen atoms in total. The van der Waals surface area contributed by atoms with E-state index >= 15 is 0 Å². The molecule has 0 amide bonds. The lowest BCUT2D eigenvalue weighted by Gasteiger charge is -2.29. The highest BCUT2D eigenvalue weighted by Crippen LogP contribution is 2.25. The van der Waals surface area contributed by atoms with Crippen molar-refractivity contribution >= 4 is 15.9 Å². The predicted molar refractivity (Wildman–Crippen MR) is 61.9 cm³/mol. The van der Waals surface area contributed by atoms with Crippen LogP contribution in [0, 0.1) is 0 Å². The fourth-order valence-electron chi connectivity index (χ4n) is 1.49. The van der Waals surface area contributed by atoms with E-state index in [9.17, 15) is 10.2 Å². The minimum absolute atomic E-state index is 0.140. The Hall–Kier alpha value is -0.420. The molecule has 0 aliphatic rings. The van der Waals surface area contributed by atoms with Crippen LogP contribution < -0.4 is 0 Å². The van der Waals surface area contributed by atoms with Crippen molar-refractivity contribution in [1.82, 2.24) is 0 Å². The first kappa shape index (κ1) is 12.6. The third-order valence-electron chi connectivity index (χ3n) is 2.48. The van der Waals surface area contributed by atoms with Crippen molar-refractivity contribution in [3.05, 3.63) is 34.3 Å². The minimum Gasteiger partial charge on any atom is -0.395 e. The third kappa shape index (κ3) is 2.78. The van der Waals surface area contributed by atoms with Crippen LogP contribution in [-0.2, 0) is 10.2 Å². The maximum absolute atomic E-state index is 9.38. The summed E-state index contributed by atoms with van der Waals surface area (Å²) in [4.78, 5) is 0. The normalized spacial score (nSPS) is 11.7. The van der Waals surface area contributed by atoms with E-state index in [0.29, 0.717) is 6.61 Å². The average molecular weight is 275 g/mol. The molecule has 0 fully saturated rings. The summed E-state index contributed by atoms with van der Waals surface area (Å²) in [7, 11) is 1.55. The molecule has 0 aromatic heterocycles. The number of methoxy groups -OCH3 is 1. The summed E-state index contributed by atoms with van der Waals surface area (Å²) in [6, 6.07) is 7.50. The second kappa shape index (κ2) is 5.61. The molecule has 0 bridgehead atoms. The van der Waals surface area contributed by atoms with Crippen LogP contribution in [0.2, 0.25) is 0 Å². The van der Waals surface area contributed by atoms with Crippen molar-refractivity contribution in [3.63, 3.8) is 0 Å². The van der Waals surface area contributed by atoms with E-state index in [-0.39, 0.29) is 13.2 Å². The van der Waals surface area contributed by atoms with Crippen molar-refractivity contribution in [2.75, 3.05) is 26.9 Å². The summed E-state index contributed by atoms with van der Waals surface area (Å²) in [6.07, 6.45) is 0. The molecule has 0 spiro atoms. The SMILES string of the molecule is COCC(CO)(CO)c1ccc(Br)cc1. The number of halogens is 1. The summed E-state index contributed by atoms with van der Waals surface area (Å²) in [5.41, 5.74) is 0.160. The summed E-state index contributed by atoms with van der Waals surface area (Å²) < 4.78 is 6.01. The van der Waals surface area contributed by atoms with Crippen molar-refractivity contribution in [2.45, 2.75) is 5.41 Å². The van der Waals surface area contributed by atoms with Gasteiger partial charge in [0.25, 0.3) is 0 Å². The van der Waals surface area contributed by atoms with Crippen molar-refractivity contribution in [1.29, 1.82) is 0 Å². The Bertz CT molecular complexity index is 293. The van der Waals surface area contributed by atoms with Crippen LogP contribution in [0.25, 0.3) is 0 Å². The van der Waals surface area contributed by atoms with Crippen LogP contribution in [0.5, 0.6) is 0 Å². The van der Waals surface area contributed by atoms with Crippen LogP contribution in [0.4, 0.5) is 0 Å². The van der Waals surface area contributed by atoms with Crippen molar-refractivity contribution in [3.8, 4) is 0 Å². The Morgan fingerprint density at radius 3 is 2.13 bits per heavy atom. The highest BCUT2D eigenvalue weighted by molar-refractivity contribution is 9.10. The first-order chi connectivity index (χ1) is 7.18. The van der Waals surface area contributed by atoms with Crippen LogP contribution in [0.1, 0.15) is 5.56 Å². The minimum atomic E-state index is -0.713. The number of ether oxygens (including phenoxy) is 1. The van der Waals surface area contributed by atoms with Crippen molar-refractivity contribution in [2.24, 2.45) is 0 Å². The van der Waals surface area contributed by atoms with Gasteiger partial charge in [0.1, 0.15) is 0 Å². The number of hydrogen-bond acceptors (Lipinski definition) is 3. The lowest BCUT2D eigenvalue weighted by atomic mass is 9.83. The molecule has 0 radical (unpaired) electrons. The Labute approximate surface area is 97.8 Å². The highest BCUT2D eigenvalue weighted by atomic mass is 79.9. The highest BCUT2D eigenvalue weighted by Gasteiger charge is 2.30. The first-order valence-electron chi connectivity index (χ1n) is 4.65. The summed E-state index contributed by atoms with van der Waals surface area (Å²) in [5, 5.41) is 18.8. The maximum Gasteiger partial charge on any atom is 0.0648 e.